The topological polar surface area (TPSA) is 44.8 Å². The number of likely N-dealkylation sites (tertiary alicyclic amines) is 1. The van der Waals surface area contributed by atoms with E-state index in [1.54, 1.807) is 0 Å². The highest BCUT2D eigenvalue weighted by molar-refractivity contribution is 5.69. The molecule has 0 aromatic heterocycles. The number of piperazine rings is 1. The van der Waals surface area contributed by atoms with Gasteiger partial charge in [0, 0.05) is 25.2 Å². The zero-order chi connectivity index (χ0) is 15.7. The minimum atomic E-state index is -0.416. The zero-order valence-corrected chi connectivity index (χ0v) is 14.3. The largest absolute Gasteiger partial charge is 0.444 e. The molecule has 3 fully saturated rings. The van der Waals surface area contributed by atoms with E-state index in [1.165, 1.54) is 38.8 Å². The molecule has 0 aromatic carbocycles. The Morgan fingerprint density at radius 1 is 1.05 bits per heavy atom. The summed E-state index contributed by atoms with van der Waals surface area (Å²) in [4.78, 5) is 17.2. The summed E-state index contributed by atoms with van der Waals surface area (Å²) in [5.41, 5.74) is -0.416. The standard InChI is InChI=1S/C17H31N3O2/c1-17(2,3)22-16(21)20-12-9-18-15-13(7-6-8-14(15)20)19-10-4-5-11-19/h13-15,18H,4-12H2,1-3H3/t13-,14+,15-/m1/s1. The Morgan fingerprint density at radius 2 is 1.73 bits per heavy atom. The average molecular weight is 309 g/mol. The van der Waals surface area contributed by atoms with Crippen molar-refractivity contribution in [1.29, 1.82) is 0 Å². The number of nitrogens with one attached hydrogen (secondary N) is 1. The summed E-state index contributed by atoms with van der Waals surface area (Å²) < 4.78 is 5.63. The monoisotopic (exact) mass is 309 g/mol. The second-order valence-corrected chi connectivity index (χ2v) is 7.96. The van der Waals surface area contributed by atoms with Crippen molar-refractivity contribution in [1.82, 2.24) is 15.1 Å². The number of carbonyl (C=O) groups is 1. The predicted molar refractivity (Wildman–Crippen MR) is 87.0 cm³/mol. The van der Waals surface area contributed by atoms with Crippen LogP contribution in [0.15, 0.2) is 0 Å². The third-order valence-corrected chi connectivity index (χ3v) is 5.20. The van der Waals surface area contributed by atoms with Crippen molar-refractivity contribution in [3.63, 3.8) is 0 Å². The van der Waals surface area contributed by atoms with Gasteiger partial charge < -0.3 is 15.0 Å². The molecule has 5 heteroatoms. The van der Waals surface area contributed by atoms with Crippen molar-refractivity contribution >= 4 is 6.09 Å². The van der Waals surface area contributed by atoms with Gasteiger partial charge >= 0.3 is 6.09 Å². The number of fused-ring (bicyclic) bond motifs is 1. The number of rotatable bonds is 1. The summed E-state index contributed by atoms with van der Waals surface area (Å²) in [5, 5.41) is 3.70. The molecular weight excluding hydrogens is 278 g/mol. The van der Waals surface area contributed by atoms with E-state index < -0.39 is 5.60 Å². The van der Waals surface area contributed by atoms with E-state index in [0.717, 1.165) is 19.5 Å². The van der Waals surface area contributed by atoms with Gasteiger partial charge in [-0.3, -0.25) is 4.90 Å². The fraction of sp³-hybridized carbons (Fsp3) is 0.941. The molecule has 1 saturated carbocycles. The van der Waals surface area contributed by atoms with Crippen LogP contribution in [0.2, 0.25) is 0 Å². The minimum Gasteiger partial charge on any atom is -0.444 e. The van der Waals surface area contributed by atoms with Crippen LogP contribution in [0.25, 0.3) is 0 Å². The van der Waals surface area contributed by atoms with Crippen LogP contribution in [0.4, 0.5) is 4.79 Å². The molecule has 0 bridgehead atoms. The van der Waals surface area contributed by atoms with Crippen molar-refractivity contribution in [2.45, 2.75) is 76.6 Å². The van der Waals surface area contributed by atoms with Crippen molar-refractivity contribution in [2.75, 3.05) is 26.2 Å². The van der Waals surface area contributed by atoms with E-state index in [4.69, 9.17) is 4.74 Å². The molecule has 126 valence electrons. The first-order valence-corrected chi connectivity index (χ1v) is 8.93. The second-order valence-electron chi connectivity index (χ2n) is 7.96. The SMILES string of the molecule is CC(C)(C)OC(=O)N1CCN[C@@H]2[C@H](N3CCCC3)CCC[C@@H]21. The van der Waals surface area contributed by atoms with Gasteiger partial charge in [-0.2, -0.15) is 0 Å². The lowest BCUT2D eigenvalue weighted by Crippen LogP contribution is -2.67. The molecule has 0 spiro atoms. The summed E-state index contributed by atoms with van der Waals surface area (Å²) in [6.45, 7) is 9.92. The zero-order valence-electron chi connectivity index (χ0n) is 14.3. The molecule has 2 saturated heterocycles. The molecule has 0 radical (unpaired) electrons. The van der Waals surface area contributed by atoms with Crippen LogP contribution in [0, 0.1) is 0 Å². The second kappa shape index (κ2) is 6.36. The third-order valence-electron chi connectivity index (χ3n) is 5.20. The normalized spacial score (nSPS) is 33.6. The van der Waals surface area contributed by atoms with E-state index in [1.807, 2.05) is 25.7 Å². The molecule has 3 atom stereocenters. The Labute approximate surface area is 134 Å². The molecule has 1 aliphatic carbocycles. The van der Waals surface area contributed by atoms with Gasteiger partial charge in [-0.15, -0.1) is 0 Å². The first kappa shape index (κ1) is 16.1. The molecule has 5 nitrogen and oxygen atoms in total. The average Bonchev–Trinajstić information content (AvgIpc) is 2.98. The van der Waals surface area contributed by atoms with Gasteiger partial charge in [0.05, 0.1) is 6.04 Å². The van der Waals surface area contributed by atoms with Crippen LogP contribution in [0.1, 0.15) is 52.9 Å². The Hall–Kier alpha value is -0.810. The molecule has 0 aromatic rings. The highest BCUT2D eigenvalue weighted by atomic mass is 16.6. The van der Waals surface area contributed by atoms with Crippen LogP contribution in [0.5, 0.6) is 0 Å². The van der Waals surface area contributed by atoms with Gasteiger partial charge in [0.15, 0.2) is 0 Å². The maximum Gasteiger partial charge on any atom is 0.410 e. The van der Waals surface area contributed by atoms with Crippen LogP contribution in [-0.4, -0.2) is 65.8 Å². The molecule has 2 aliphatic heterocycles. The Balaban J connectivity index is 1.70. The van der Waals surface area contributed by atoms with Crippen LogP contribution >= 0.6 is 0 Å². The number of carbonyl (C=O) groups excluding carboxylic acids is 1. The lowest BCUT2D eigenvalue weighted by Gasteiger charge is -2.50. The number of amides is 1. The van der Waals surface area contributed by atoms with Crippen molar-refractivity contribution in [3.8, 4) is 0 Å². The Morgan fingerprint density at radius 3 is 2.41 bits per heavy atom. The van der Waals surface area contributed by atoms with E-state index >= 15 is 0 Å². The van der Waals surface area contributed by atoms with Crippen LogP contribution in [0.3, 0.4) is 0 Å². The van der Waals surface area contributed by atoms with Gasteiger partial charge in [0.1, 0.15) is 5.60 Å². The Kier molecular flexibility index (Phi) is 4.64. The van der Waals surface area contributed by atoms with Crippen molar-refractivity contribution < 1.29 is 9.53 Å². The predicted octanol–water partition coefficient (Wildman–Crippen LogP) is 2.21. The molecule has 1 amide bonds. The van der Waals surface area contributed by atoms with E-state index in [0.29, 0.717) is 18.1 Å². The molecule has 3 aliphatic rings. The lowest BCUT2D eigenvalue weighted by molar-refractivity contribution is -0.0122. The molecule has 2 heterocycles. The summed E-state index contributed by atoms with van der Waals surface area (Å²) in [7, 11) is 0. The summed E-state index contributed by atoms with van der Waals surface area (Å²) in [6.07, 6.45) is 6.08. The van der Waals surface area contributed by atoms with Crippen molar-refractivity contribution in [3.05, 3.63) is 0 Å². The van der Waals surface area contributed by atoms with Crippen LogP contribution < -0.4 is 5.32 Å². The Bertz CT molecular complexity index is 401. The van der Waals surface area contributed by atoms with Gasteiger partial charge in [0.2, 0.25) is 0 Å². The molecule has 3 rings (SSSR count). The van der Waals surface area contributed by atoms with Gasteiger partial charge in [-0.05, 0) is 66.0 Å². The highest BCUT2D eigenvalue weighted by Gasteiger charge is 2.44. The summed E-state index contributed by atoms with van der Waals surface area (Å²) in [5.74, 6) is 0. The maximum atomic E-state index is 12.6. The first-order valence-electron chi connectivity index (χ1n) is 8.93. The fourth-order valence-corrected chi connectivity index (χ4v) is 4.32. The van der Waals surface area contributed by atoms with Gasteiger partial charge in [0.25, 0.3) is 0 Å². The fourth-order valence-electron chi connectivity index (χ4n) is 4.32. The molecule has 22 heavy (non-hydrogen) atoms. The van der Waals surface area contributed by atoms with Crippen molar-refractivity contribution in [2.24, 2.45) is 0 Å². The smallest absolute Gasteiger partial charge is 0.410 e. The third kappa shape index (κ3) is 3.40. The van der Waals surface area contributed by atoms with Gasteiger partial charge in [-0.25, -0.2) is 4.79 Å². The first-order chi connectivity index (χ1) is 10.5. The highest BCUT2D eigenvalue weighted by Crippen LogP contribution is 2.31. The van der Waals surface area contributed by atoms with Crippen LogP contribution in [-0.2, 0) is 4.74 Å². The summed E-state index contributed by atoms with van der Waals surface area (Å²) >= 11 is 0. The maximum absolute atomic E-state index is 12.6. The number of hydrogen-bond donors (Lipinski definition) is 1. The van der Waals surface area contributed by atoms with E-state index in [9.17, 15) is 4.79 Å². The molecular formula is C17H31N3O2. The van der Waals surface area contributed by atoms with E-state index in [-0.39, 0.29) is 6.09 Å². The van der Waals surface area contributed by atoms with E-state index in [2.05, 4.69) is 10.2 Å². The quantitative estimate of drug-likeness (QED) is 0.806. The number of ether oxygens (including phenoxy) is 1. The molecule has 0 unspecified atom stereocenters. The summed E-state index contributed by atoms with van der Waals surface area (Å²) in [6, 6.07) is 1.29. The number of nitrogens with zero attached hydrogens (tertiary/aromatic N) is 2. The minimum absolute atomic E-state index is 0.133. The number of hydrogen-bond acceptors (Lipinski definition) is 4. The lowest BCUT2D eigenvalue weighted by atomic mass is 9.83. The van der Waals surface area contributed by atoms with Gasteiger partial charge in [-0.1, -0.05) is 0 Å². The molecule has 1 N–H and O–H groups in total.